The number of benzene rings is 1. The summed E-state index contributed by atoms with van der Waals surface area (Å²) in [6.45, 7) is 8.73. The minimum absolute atomic E-state index is 0.122. The van der Waals surface area contributed by atoms with E-state index in [0.29, 0.717) is 25.0 Å². The van der Waals surface area contributed by atoms with E-state index in [1.807, 2.05) is 18.2 Å². The van der Waals surface area contributed by atoms with E-state index in [1.165, 1.54) is 5.56 Å². The van der Waals surface area contributed by atoms with E-state index in [4.69, 9.17) is 10.5 Å². The molecule has 4 nitrogen and oxygen atoms in total. The molecule has 1 rings (SSSR count). The Morgan fingerprint density at radius 1 is 1.24 bits per heavy atom. The molecule has 0 amide bonds. The second-order valence-corrected chi connectivity index (χ2v) is 5.65. The van der Waals surface area contributed by atoms with Crippen LogP contribution >= 0.6 is 0 Å². The maximum Gasteiger partial charge on any atom is 0.188 e. The summed E-state index contributed by atoms with van der Waals surface area (Å²) < 4.78 is 5.79. The molecule has 1 aromatic rings. The monoisotopic (exact) mass is 291 g/mol. The number of nitrogens with two attached hydrogens (primary N) is 1. The second kappa shape index (κ2) is 10.2. The van der Waals surface area contributed by atoms with Gasteiger partial charge in [0.1, 0.15) is 0 Å². The van der Waals surface area contributed by atoms with Crippen molar-refractivity contribution in [1.82, 2.24) is 5.32 Å². The average molecular weight is 291 g/mol. The largest absolute Gasteiger partial charge is 0.374 e. The van der Waals surface area contributed by atoms with Crippen molar-refractivity contribution in [3.63, 3.8) is 0 Å². The van der Waals surface area contributed by atoms with E-state index < -0.39 is 0 Å². The van der Waals surface area contributed by atoms with E-state index in [0.717, 1.165) is 19.4 Å². The number of guanidine groups is 1. The average Bonchev–Trinajstić information content (AvgIpc) is 2.47. The molecule has 1 unspecified atom stereocenters. The van der Waals surface area contributed by atoms with Gasteiger partial charge >= 0.3 is 0 Å². The molecule has 0 aliphatic rings. The molecule has 0 aliphatic carbocycles. The molecule has 0 aliphatic heterocycles. The first-order valence-electron chi connectivity index (χ1n) is 7.80. The third kappa shape index (κ3) is 8.35. The van der Waals surface area contributed by atoms with Crippen LogP contribution in [0.1, 0.15) is 45.3 Å². The summed E-state index contributed by atoms with van der Waals surface area (Å²) in [5, 5.41) is 3.13. The zero-order chi connectivity index (χ0) is 15.5. The molecule has 0 bridgehead atoms. The summed E-state index contributed by atoms with van der Waals surface area (Å²) >= 11 is 0. The molecule has 3 N–H and O–H groups in total. The fraction of sp³-hybridized carbons (Fsp3) is 0.588. The Labute approximate surface area is 128 Å². The van der Waals surface area contributed by atoms with Crippen molar-refractivity contribution in [3.8, 4) is 0 Å². The lowest BCUT2D eigenvalue weighted by molar-refractivity contribution is 0.0652. The summed E-state index contributed by atoms with van der Waals surface area (Å²) in [6, 6.07) is 10.2. The van der Waals surface area contributed by atoms with E-state index >= 15 is 0 Å². The van der Waals surface area contributed by atoms with Crippen molar-refractivity contribution in [1.29, 1.82) is 0 Å². The van der Waals surface area contributed by atoms with Crippen LogP contribution in [-0.2, 0) is 4.74 Å². The van der Waals surface area contributed by atoms with Crippen molar-refractivity contribution in [3.05, 3.63) is 35.9 Å². The van der Waals surface area contributed by atoms with Crippen molar-refractivity contribution < 1.29 is 4.74 Å². The highest BCUT2D eigenvalue weighted by molar-refractivity contribution is 5.77. The number of hydrogen-bond donors (Lipinski definition) is 2. The highest BCUT2D eigenvalue weighted by atomic mass is 16.5. The summed E-state index contributed by atoms with van der Waals surface area (Å²) in [7, 11) is 0. The fourth-order valence-electron chi connectivity index (χ4n) is 1.89. The SMILES string of the molecule is CC(C)CCNC(N)=NCCCOC(C)c1ccccc1. The molecule has 1 atom stereocenters. The van der Waals surface area contributed by atoms with Crippen molar-refractivity contribution >= 4 is 5.96 Å². The van der Waals surface area contributed by atoms with Gasteiger partial charge in [0.15, 0.2) is 5.96 Å². The van der Waals surface area contributed by atoms with Gasteiger partial charge in [0.25, 0.3) is 0 Å². The molecule has 1 aromatic carbocycles. The second-order valence-electron chi connectivity index (χ2n) is 5.65. The smallest absolute Gasteiger partial charge is 0.188 e. The molecule has 0 saturated heterocycles. The highest BCUT2D eigenvalue weighted by Gasteiger charge is 2.03. The van der Waals surface area contributed by atoms with Crippen LogP contribution in [0.4, 0.5) is 0 Å². The molecule has 4 heteroatoms. The molecule has 0 fully saturated rings. The Kier molecular flexibility index (Phi) is 8.51. The number of nitrogens with one attached hydrogen (secondary N) is 1. The van der Waals surface area contributed by atoms with Crippen LogP contribution in [0.2, 0.25) is 0 Å². The van der Waals surface area contributed by atoms with Gasteiger partial charge < -0.3 is 15.8 Å². The molecule has 118 valence electrons. The Morgan fingerprint density at radius 3 is 2.62 bits per heavy atom. The van der Waals surface area contributed by atoms with E-state index in [9.17, 15) is 0 Å². The third-order valence-corrected chi connectivity index (χ3v) is 3.25. The van der Waals surface area contributed by atoms with Crippen LogP contribution in [0.25, 0.3) is 0 Å². The molecule has 21 heavy (non-hydrogen) atoms. The maximum atomic E-state index is 5.79. The summed E-state index contributed by atoms with van der Waals surface area (Å²) in [4.78, 5) is 4.29. The van der Waals surface area contributed by atoms with E-state index in [-0.39, 0.29) is 6.10 Å². The van der Waals surface area contributed by atoms with Gasteiger partial charge in [-0.2, -0.15) is 0 Å². The highest BCUT2D eigenvalue weighted by Crippen LogP contribution is 2.15. The van der Waals surface area contributed by atoms with Crippen LogP contribution in [-0.4, -0.2) is 25.7 Å². The summed E-state index contributed by atoms with van der Waals surface area (Å²) in [6.07, 6.45) is 2.11. The predicted molar refractivity (Wildman–Crippen MR) is 89.4 cm³/mol. The maximum absolute atomic E-state index is 5.79. The van der Waals surface area contributed by atoms with Gasteiger partial charge in [-0.1, -0.05) is 44.2 Å². The number of ether oxygens (including phenoxy) is 1. The van der Waals surface area contributed by atoms with Crippen LogP contribution in [0, 0.1) is 5.92 Å². The third-order valence-electron chi connectivity index (χ3n) is 3.25. The van der Waals surface area contributed by atoms with Crippen molar-refractivity contribution in [2.75, 3.05) is 19.7 Å². The Morgan fingerprint density at radius 2 is 1.95 bits per heavy atom. The first-order chi connectivity index (χ1) is 10.1. The summed E-state index contributed by atoms with van der Waals surface area (Å²) in [5.74, 6) is 1.21. The molecule has 0 radical (unpaired) electrons. The number of hydrogen-bond acceptors (Lipinski definition) is 2. The normalized spacial score (nSPS) is 13.4. The van der Waals surface area contributed by atoms with Gasteiger partial charge in [0.2, 0.25) is 0 Å². The molecular formula is C17H29N3O. The van der Waals surface area contributed by atoms with Crippen LogP contribution < -0.4 is 11.1 Å². The van der Waals surface area contributed by atoms with E-state index in [2.05, 4.69) is 43.2 Å². The Bertz CT molecular complexity index is 404. The van der Waals surface area contributed by atoms with Gasteiger partial charge in [-0.25, -0.2) is 0 Å². The van der Waals surface area contributed by atoms with Crippen LogP contribution in [0.3, 0.4) is 0 Å². The topological polar surface area (TPSA) is 59.6 Å². The quantitative estimate of drug-likeness (QED) is 0.417. The first kappa shape index (κ1) is 17.5. The minimum Gasteiger partial charge on any atom is -0.374 e. The fourth-order valence-corrected chi connectivity index (χ4v) is 1.89. The predicted octanol–water partition coefficient (Wildman–Crippen LogP) is 3.10. The Hall–Kier alpha value is -1.55. The van der Waals surface area contributed by atoms with Crippen molar-refractivity contribution in [2.24, 2.45) is 16.6 Å². The Balaban J connectivity index is 2.11. The van der Waals surface area contributed by atoms with Gasteiger partial charge in [-0.15, -0.1) is 0 Å². The lowest BCUT2D eigenvalue weighted by Gasteiger charge is -2.13. The lowest BCUT2D eigenvalue weighted by atomic mass is 10.1. The minimum atomic E-state index is 0.122. The molecule has 0 spiro atoms. The van der Waals surface area contributed by atoms with Gasteiger partial charge in [0, 0.05) is 19.7 Å². The lowest BCUT2D eigenvalue weighted by Crippen LogP contribution is -2.33. The summed E-state index contributed by atoms with van der Waals surface area (Å²) in [5.41, 5.74) is 7.00. The van der Waals surface area contributed by atoms with E-state index in [1.54, 1.807) is 0 Å². The first-order valence-corrected chi connectivity index (χ1v) is 7.80. The van der Waals surface area contributed by atoms with Gasteiger partial charge in [-0.3, -0.25) is 4.99 Å². The zero-order valence-corrected chi connectivity index (χ0v) is 13.5. The molecule has 0 heterocycles. The molecular weight excluding hydrogens is 262 g/mol. The molecule has 0 aromatic heterocycles. The van der Waals surface area contributed by atoms with Crippen LogP contribution in [0.5, 0.6) is 0 Å². The zero-order valence-electron chi connectivity index (χ0n) is 13.5. The van der Waals surface area contributed by atoms with Crippen molar-refractivity contribution in [2.45, 2.75) is 39.7 Å². The van der Waals surface area contributed by atoms with Gasteiger partial charge in [0.05, 0.1) is 6.10 Å². The van der Waals surface area contributed by atoms with Gasteiger partial charge in [-0.05, 0) is 31.2 Å². The van der Waals surface area contributed by atoms with Crippen LogP contribution in [0.15, 0.2) is 35.3 Å². The molecule has 0 saturated carbocycles. The number of nitrogens with zero attached hydrogens (tertiary/aromatic N) is 1. The number of aliphatic imine (C=N–C) groups is 1. The standard InChI is InChI=1S/C17H29N3O/c1-14(2)10-12-20-17(18)19-11-7-13-21-15(3)16-8-5-4-6-9-16/h4-6,8-9,14-15H,7,10-13H2,1-3H3,(H3,18,19,20). The number of rotatable bonds is 9.